The highest BCUT2D eigenvalue weighted by atomic mass is 35.5. The van der Waals surface area contributed by atoms with Crippen molar-refractivity contribution in [1.82, 2.24) is 0 Å². The Balaban J connectivity index is 2.36. The molecule has 0 saturated carbocycles. The second kappa shape index (κ2) is 13.7. The van der Waals surface area contributed by atoms with Gasteiger partial charge in [-0.15, -0.1) is 0 Å². The summed E-state index contributed by atoms with van der Waals surface area (Å²) >= 11 is 12.7. The summed E-state index contributed by atoms with van der Waals surface area (Å²) < 4.78 is 23.0. The lowest BCUT2D eigenvalue weighted by Gasteiger charge is -2.20. The Morgan fingerprint density at radius 3 is 2.14 bits per heavy atom. The molecule has 0 saturated heterocycles. The van der Waals surface area contributed by atoms with Crippen molar-refractivity contribution in [3.63, 3.8) is 0 Å². The fourth-order valence-electron chi connectivity index (χ4n) is 3.00. The largest absolute Gasteiger partial charge is 0.494 e. The lowest BCUT2D eigenvalue weighted by Crippen LogP contribution is -2.36. The molecule has 1 amide bonds. The van der Waals surface area contributed by atoms with Crippen LogP contribution in [0.5, 0.6) is 23.0 Å². The van der Waals surface area contributed by atoms with E-state index in [1.54, 1.807) is 31.2 Å². The molecule has 35 heavy (non-hydrogen) atoms. The molecule has 0 aromatic heterocycles. The molecule has 2 aromatic rings. The van der Waals surface area contributed by atoms with Crippen molar-refractivity contribution in [2.24, 2.45) is 10.2 Å². The molecule has 0 fully saturated rings. The number of azo groups is 1. The first kappa shape index (κ1) is 28.2. The van der Waals surface area contributed by atoms with Crippen LogP contribution in [0.25, 0.3) is 0 Å². The molecule has 9 nitrogen and oxygen atoms in total. The van der Waals surface area contributed by atoms with E-state index in [2.05, 4.69) is 10.2 Å². The lowest BCUT2D eigenvalue weighted by molar-refractivity contribution is -0.126. The van der Waals surface area contributed by atoms with Gasteiger partial charge in [0, 0.05) is 23.9 Å². The van der Waals surface area contributed by atoms with Gasteiger partial charge in [0.05, 0.1) is 37.1 Å². The molecule has 1 unspecified atom stereocenters. The molecule has 11 heteroatoms. The number of hydrogen-bond acceptors (Lipinski definition) is 8. The lowest BCUT2D eigenvalue weighted by atomic mass is 10.2. The van der Waals surface area contributed by atoms with Crippen molar-refractivity contribution < 1.29 is 28.5 Å². The Kier molecular flexibility index (Phi) is 11.1. The second-order valence-corrected chi connectivity index (χ2v) is 7.71. The van der Waals surface area contributed by atoms with Gasteiger partial charge in [-0.3, -0.25) is 9.59 Å². The molecule has 0 spiro atoms. The summed E-state index contributed by atoms with van der Waals surface area (Å²) in [4.78, 5) is 25.4. The van der Waals surface area contributed by atoms with Crippen LogP contribution in [0.1, 0.15) is 34.6 Å². The Hall–Kier alpha value is -3.04. The number of halogens is 2. The molecular weight excluding hydrogens is 497 g/mol. The molecule has 0 radical (unpaired) electrons. The maximum atomic E-state index is 13.1. The topological polar surface area (TPSA) is 99.0 Å². The highest BCUT2D eigenvalue weighted by molar-refractivity contribution is 6.39. The average Bonchev–Trinajstić information content (AvgIpc) is 2.81. The summed E-state index contributed by atoms with van der Waals surface area (Å²) in [5.41, 5.74) is 0.518. The summed E-state index contributed by atoms with van der Waals surface area (Å²) in [6.07, 6.45) is 0. The first-order valence-corrected chi connectivity index (χ1v) is 11.9. The van der Waals surface area contributed by atoms with Gasteiger partial charge in [0.25, 0.3) is 5.91 Å². The number of ketones is 1. The van der Waals surface area contributed by atoms with Crippen LogP contribution in [-0.2, 0) is 9.59 Å². The van der Waals surface area contributed by atoms with E-state index in [4.69, 9.17) is 42.3 Å². The zero-order chi connectivity index (χ0) is 26.0. The van der Waals surface area contributed by atoms with Crippen LogP contribution >= 0.6 is 23.4 Å². The Labute approximate surface area is 215 Å². The number of Topliss-reactive ketones (excluding diaryl/α,β-unsaturated/α-hetero) is 1. The van der Waals surface area contributed by atoms with Crippen LogP contribution in [0.3, 0.4) is 0 Å². The van der Waals surface area contributed by atoms with E-state index in [0.29, 0.717) is 49.4 Å². The van der Waals surface area contributed by atoms with Crippen molar-refractivity contribution in [3.8, 4) is 23.0 Å². The molecule has 0 heterocycles. The molecule has 0 bridgehead atoms. The monoisotopic (exact) mass is 525 g/mol. The summed E-state index contributed by atoms with van der Waals surface area (Å²) in [5.74, 6) is 0.278. The quantitative estimate of drug-likeness (QED) is 0.176. The third-order valence-corrected chi connectivity index (χ3v) is 5.07. The molecule has 0 aliphatic carbocycles. The van der Waals surface area contributed by atoms with Gasteiger partial charge in [0.1, 0.15) is 17.2 Å². The van der Waals surface area contributed by atoms with Crippen molar-refractivity contribution in [3.05, 3.63) is 35.4 Å². The van der Waals surface area contributed by atoms with Gasteiger partial charge < -0.3 is 18.9 Å². The highest BCUT2D eigenvalue weighted by Crippen LogP contribution is 2.40. The first-order chi connectivity index (χ1) is 16.8. The number of ether oxygens (including phenoxy) is 4. The van der Waals surface area contributed by atoms with Crippen LogP contribution in [0.4, 0.5) is 11.4 Å². The average molecular weight is 526 g/mol. The minimum atomic E-state index is -1.49. The third-order valence-electron chi connectivity index (χ3n) is 4.44. The fraction of sp³-hybridized carbons (Fsp3) is 0.417. The van der Waals surface area contributed by atoms with Gasteiger partial charge in [0.15, 0.2) is 17.3 Å². The SMILES string of the molecule is CCOc1ccc(N(Cl)C(=O)C(N=Nc2cc(Cl)c(OCC)c(OCC)c2)C(C)=O)c(OCC)c1. The van der Waals surface area contributed by atoms with Crippen LogP contribution in [-0.4, -0.2) is 44.2 Å². The van der Waals surface area contributed by atoms with Gasteiger partial charge in [0.2, 0.25) is 6.04 Å². The van der Waals surface area contributed by atoms with Gasteiger partial charge in [-0.05, 0) is 52.8 Å². The van der Waals surface area contributed by atoms with Gasteiger partial charge in [-0.2, -0.15) is 10.2 Å². The van der Waals surface area contributed by atoms with E-state index in [1.165, 1.54) is 13.0 Å². The number of hydrogen-bond donors (Lipinski definition) is 0. The number of rotatable bonds is 13. The molecule has 2 aromatic carbocycles. The van der Waals surface area contributed by atoms with E-state index in [0.717, 1.165) is 4.42 Å². The Morgan fingerprint density at radius 2 is 1.54 bits per heavy atom. The minimum absolute atomic E-state index is 0.242. The van der Waals surface area contributed by atoms with Crippen molar-refractivity contribution in [2.75, 3.05) is 30.8 Å². The van der Waals surface area contributed by atoms with Crippen LogP contribution in [0.2, 0.25) is 5.02 Å². The molecular formula is C24H29Cl2N3O6. The molecule has 0 aliphatic rings. The summed E-state index contributed by atoms with van der Waals surface area (Å²) in [5, 5.41) is 8.27. The number of carbonyl (C=O) groups is 2. The van der Waals surface area contributed by atoms with Crippen LogP contribution in [0, 0.1) is 0 Å². The van der Waals surface area contributed by atoms with Gasteiger partial charge >= 0.3 is 0 Å². The number of anilines is 1. The van der Waals surface area contributed by atoms with Gasteiger partial charge in [-0.25, -0.2) is 4.42 Å². The molecule has 2 rings (SSSR count). The number of amides is 1. The fourth-order valence-corrected chi connectivity index (χ4v) is 3.49. The van der Waals surface area contributed by atoms with E-state index in [9.17, 15) is 9.59 Å². The maximum Gasteiger partial charge on any atom is 0.276 e. The molecule has 0 N–H and O–H groups in total. The zero-order valence-corrected chi connectivity index (χ0v) is 21.9. The Morgan fingerprint density at radius 1 is 0.914 bits per heavy atom. The normalized spacial score (nSPS) is 11.7. The third kappa shape index (κ3) is 7.47. The number of benzene rings is 2. The van der Waals surface area contributed by atoms with Crippen LogP contribution < -0.4 is 23.4 Å². The smallest absolute Gasteiger partial charge is 0.276 e. The molecule has 0 aliphatic heterocycles. The number of nitrogens with zero attached hydrogens (tertiary/aromatic N) is 3. The second-order valence-electron chi connectivity index (χ2n) is 6.96. The van der Waals surface area contributed by atoms with E-state index in [-0.39, 0.29) is 16.4 Å². The Bertz CT molecular complexity index is 1060. The summed E-state index contributed by atoms with van der Waals surface area (Å²) in [6, 6.07) is 6.39. The van der Waals surface area contributed by atoms with Crippen molar-refractivity contribution in [2.45, 2.75) is 40.7 Å². The summed E-state index contributed by atoms with van der Waals surface area (Å²) in [6.45, 7) is 10.1. The first-order valence-electron chi connectivity index (χ1n) is 11.2. The predicted octanol–water partition coefficient (Wildman–Crippen LogP) is 6.16. The van der Waals surface area contributed by atoms with Crippen molar-refractivity contribution in [1.29, 1.82) is 0 Å². The summed E-state index contributed by atoms with van der Waals surface area (Å²) in [7, 11) is 0. The van der Waals surface area contributed by atoms with Crippen LogP contribution in [0.15, 0.2) is 40.6 Å². The highest BCUT2D eigenvalue weighted by Gasteiger charge is 2.30. The predicted molar refractivity (Wildman–Crippen MR) is 135 cm³/mol. The maximum absolute atomic E-state index is 13.1. The standard InChI is InChI=1S/C24H29Cl2N3O6/c1-6-32-17-10-11-19(20(14-17)33-7-2)29(26)24(31)22(15(5)30)28-27-16-12-18(25)23(35-9-4)21(13-16)34-8-3/h10-14,22H,6-9H2,1-5H3. The van der Waals surface area contributed by atoms with E-state index in [1.807, 2.05) is 20.8 Å². The minimum Gasteiger partial charge on any atom is -0.494 e. The van der Waals surface area contributed by atoms with Gasteiger partial charge in [-0.1, -0.05) is 11.6 Å². The zero-order valence-electron chi connectivity index (χ0n) is 20.3. The van der Waals surface area contributed by atoms with Crippen molar-refractivity contribution >= 4 is 46.4 Å². The van der Waals surface area contributed by atoms with E-state index >= 15 is 0 Å². The molecule has 1 atom stereocenters. The van der Waals surface area contributed by atoms with E-state index < -0.39 is 17.7 Å². The molecule has 190 valence electrons. The number of carbonyl (C=O) groups excluding carboxylic acids is 2.